The van der Waals surface area contributed by atoms with Crippen molar-refractivity contribution in [2.24, 2.45) is 7.05 Å². The highest BCUT2D eigenvalue weighted by molar-refractivity contribution is 6.30. The highest BCUT2D eigenvalue weighted by Gasteiger charge is 2.20. The third kappa shape index (κ3) is 2.18. The molecule has 5 nitrogen and oxygen atoms in total. The van der Waals surface area contributed by atoms with Crippen LogP contribution < -0.4 is 5.69 Å². The fourth-order valence-corrected chi connectivity index (χ4v) is 2.02. The van der Waals surface area contributed by atoms with E-state index in [1.165, 1.54) is 9.13 Å². The van der Waals surface area contributed by atoms with Crippen LogP contribution in [0.1, 0.15) is 26.3 Å². The predicted octanol–water partition coefficient (Wildman–Crippen LogP) is 1.92. The molecule has 2 aromatic heterocycles. The first kappa shape index (κ1) is 12.8. The van der Waals surface area contributed by atoms with Crippen LogP contribution in [0.5, 0.6) is 0 Å². The number of hydrogen-bond acceptors (Lipinski definition) is 3. The van der Waals surface area contributed by atoms with Crippen LogP contribution in [0.25, 0.3) is 5.82 Å². The van der Waals surface area contributed by atoms with Crippen molar-refractivity contribution in [2.75, 3.05) is 0 Å². The van der Waals surface area contributed by atoms with Crippen LogP contribution in [0.15, 0.2) is 23.3 Å². The number of nitrogens with zero attached hydrogens (tertiary/aromatic N) is 4. The Labute approximate surface area is 110 Å². The molecule has 0 radical (unpaired) electrons. The minimum atomic E-state index is -0.161. The molecule has 0 atom stereocenters. The average molecular weight is 267 g/mol. The summed E-state index contributed by atoms with van der Waals surface area (Å²) in [6.45, 7) is 6.11. The normalized spacial score (nSPS) is 11.8. The van der Waals surface area contributed by atoms with Gasteiger partial charge in [-0.25, -0.2) is 9.36 Å². The van der Waals surface area contributed by atoms with Gasteiger partial charge in [0.2, 0.25) is 0 Å². The van der Waals surface area contributed by atoms with Gasteiger partial charge in [-0.3, -0.25) is 0 Å². The summed E-state index contributed by atoms with van der Waals surface area (Å²) in [6.07, 6.45) is 3.34. The topological polar surface area (TPSA) is 52.7 Å². The summed E-state index contributed by atoms with van der Waals surface area (Å²) in [5.74, 6) is 0.481. The molecule has 0 unspecified atom stereocenters. The average Bonchev–Trinajstić information content (AvgIpc) is 2.59. The second-order valence-corrected chi connectivity index (χ2v) is 5.58. The molecule has 2 heterocycles. The van der Waals surface area contributed by atoms with Crippen LogP contribution in [0.4, 0.5) is 0 Å². The van der Waals surface area contributed by atoms with Gasteiger partial charge >= 0.3 is 5.69 Å². The first-order valence-electron chi connectivity index (χ1n) is 5.59. The molecule has 6 heteroatoms. The van der Waals surface area contributed by atoms with Crippen molar-refractivity contribution < 1.29 is 0 Å². The fraction of sp³-hybridized carbons (Fsp3) is 0.417. The Balaban J connectivity index is 2.61. The van der Waals surface area contributed by atoms with Crippen molar-refractivity contribution in [1.82, 2.24) is 19.3 Å². The Kier molecular flexibility index (Phi) is 3.02. The van der Waals surface area contributed by atoms with Gasteiger partial charge in [-0.2, -0.15) is 0 Å². The third-order valence-electron chi connectivity index (χ3n) is 2.74. The van der Waals surface area contributed by atoms with E-state index in [9.17, 15) is 4.79 Å². The summed E-state index contributed by atoms with van der Waals surface area (Å²) in [6, 6.07) is 1.80. The number of hydrogen-bond donors (Lipinski definition) is 0. The van der Waals surface area contributed by atoms with Gasteiger partial charge in [-0.15, -0.1) is 10.2 Å². The maximum atomic E-state index is 11.8. The molecule has 0 bridgehead atoms. The van der Waals surface area contributed by atoms with E-state index in [2.05, 4.69) is 10.2 Å². The Morgan fingerprint density at radius 2 is 1.89 bits per heavy atom. The van der Waals surface area contributed by atoms with E-state index in [0.717, 1.165) is 5.56 Å². The van der Waals surface area contributed by atoms with E-state index < -0.39 is 0 Å². The van der Waals surface area contributed by atoms with Crippen LogP contribution in [0.2, 0.25) is 5.15 Å². The predicted molar refractivity (Wildman–Crippen MR) is 70.3 cm³/mol. The second-order valence-electron chi connectivity index (χ2n) is 5.22. The molecule has 2 rings (SSSR count). The zero-order chi connectivity index (χ0) is 13.5. The number of imidazole rings is 1. The summed E-state index contributed by atoms with van der Waals surface area (Å²) in [5.41, 5.74) is 0.552. The zero-order valence-corrected chi connectivity index (χ0v) is 11.6. The van der Waals surface area contributed by atoms with Gasteiger partial charge < -0.3 is 4.57 Å². The molecule has 0 saturated heterocycles. The maximum Gasteiger partial charge on any atom is 0.333 e. The van der Waals surface area contributed by atoms with Crippen LogP contribution in [0.3, 0.4) is 0 Å². The van der Waals surface area contributed by atoms with Crippen LogP contribution >= 0.6 is 11.6 Å². The summed E-state index contributed by atoms with van der Waals surface area (Å²) < 4.78 is 2.92. The molecule has 0 amide bonds. The first-order chi connectivity index (χ1) is 8.30. The summed E-state index contributed by atoms with van der Waals surface area (Å²) in [7, 11) is 1.69. The largest absolute Gasteiger partial charge is 0.333 e. The van der Waals surface area contributed by atoms with Crippen LogP contribution in [-0.2, 0) is 12.5 Å². The lowest BCUT2D eigenvalue weighted by Crippen LogP contribution is -2.22. The van der Waals surface area contributed by atoms with E-state index in [4.69, 9.17) is 11.6 Å². The third-order valence-corrected chi connectivity index (χ3v) is 3.02. The molecule has 0 aromatic carbocycles. The van der Waals surface area contributed by atoms with Gasteiger partial charge in [0.05, 0.1) is 0 Å². The Bertz CT molecular complexity index is 636. The maximum absolute atomic E-state index is 11.8. The van der Waals surface area contributed by atoms with Crippen molar-refractivity contribution in [1.29, 1.82) is 0 Å². The van der Waals surface area contributed by atoms with Crippen molar-refractivity contribution in [3.8, 4) is 5.82 Å². The highest BCUT2D eigenvalue weighted by Crippen LogP contribution is 2.28. The Morgan fingerprint density at radius 1 is 1.22 bits per heavy atom. The lowest BCUT2D eigenvalue weighted by molar-refractivity contribution is 0.583. The Hall–Kier alpha value is -1.62. The molecular weight excluding hydrogens is 252 g/mol. The molecule has 0 aliphatic rings. The van der Waals surface area contributed by atoms with Gasteiger partial charge in [0.15, 0.2) is 11.0 Å². The standard InChI is InChI=1S/C12H15ClN4O/c1-12(2,3)8-7-9(14-15-10(8)13)17-6-5-16(4)11(17)18/h5-7H,1-4H3. The summed E-state index contributed by atoms with van der Waals surface area (Å²) in [5, 5.41) is 8.25. The van der Waals surface area contributed by atoms with Crippen molar-refractivity contribution in [3.05, 3.63) is 39.7 Å². The van der Waals surface area contributed by atoms with E-state index in [0.29, 0.717) is 11.0 Å². The van der Waals surface area contributed by atoms with E-state index in [1.54, 1.807) is 25.5 Å². The lowest BCUT2D eigenvalue weighted by Gasteiger charge is -2.19. The van der Waals surface area contributed by atoms with Gasteiger partial charge in [-0.1, -0.05) is 32.4 Å². The highest BCUT2D eigenvalue weighted by atomic mass is 35.5. The molecule has 0 aliphatic heterocycles. The summed E-state index contributed by atoms with van der Waals surface area (Å²) >= 11 is 6.05. The van der Waals surface area contributed by atoms with E-state index >= 15 is 0 Å². The van der Waals surface area contributed by atoms with Crippen molar-refractivity contribution in [3.63, 3.8) is 0 Å². The quantitative estimate of drug-likeness (QED) is 0.792. The second kappa shape index (κ2) is 4.24. The number of rotatable bonds is 1. The monoisotopic (exact) mass is 266 g/mol. The van der Waals surface area contributed by atoms with Gasteiger partial charge in [0.1, 0.15) is 0 Å². The fourth-order valence-electron chi connectivity index (χ4n) is 1.65. The molecule has 2 aromatic rings. The van der Waals surface area contributed by atoms with Gasteiger partial charge in [0.25, 0.3) is 0 Å². The molecule has 0 saturated carbocycles. The van der Waals surface area contributed by atoms with Crippen molar-refractivity contribution in [2.45, 2.75) is 26.2 Å². The number of halogens is 1. The molecule has 18 heavy (non-hydrogen) atoms. The van der Waals surface area contributed by atoms with Crippen LogP contribution in [0, 0.1) is 0 Å². The number of aromatic nitrogens is 4. The smallest absolute Gasteiger partial charge is 0.302 e. The summed E-state index contributed by atoms with van der Waals surface area (Å²) in [4.78, 5) is 11.8. The molecule has 0 aliphatic carbocycles. The first-order valence-corrected chi connectivity index (χ1v) is 5.96. The van der Waals surface area contributed by atoms with Crippen LogP contribution in [-0.4, -0.2) is 19.3 Å². The van der Waals surface area contributed by atoms with E-state index in [-0.39, 0.29) is 11.1 Å². The van der Waals surface area contributed by atoms with Gasteiger partial charge in [-0.05, 0) is 11.5 Å². The minimum Gasteiger partial charge on any atom is -0.302 e. The SMILES string of the molecule is Cn1ccn(-c2cc(C(C)(C)C)c(Cl)nn2)c1=O. The van der Waals surface area contributed by atoms with Crippen molar-refractivity contribution >= 4 is 11.6 Å². The molecular formula is C12H15ClN4O. The molecule has 0 fully saturated rings. The molecule has 0 N–H and O–H groups in total. The van der Waals surface area contributed by atoms with Gasteiger partial charge in [0, 0.05) is 25.0 Å². The van der Waals surface area contributed by atoms with E-state index in [1.807, 2.05) is 20.8 Å². The number of aryl methyl sites for hydroxylation is 1. The minimum absolute atomic E-state index is 0.153. The Morgan fingerprint density at radius 3 is 2.39 bits per heavy atom. The zero-order valence-electron chi connectivity index (χ0n) is 10.8. The molecule has 96 valence electrons. The lowest BCUT2D eigenvalue weighted by atomic mass is 9.88. The molecule has 0 spiro atoms.